The van der Waals surface area contributed by atoms with Crippen LogP contribution in [0.15, 0.2) is 54.9 Å². The van der Waals surface area contributed by atoms with Gasteiger partial charge in [0, 0.05) is 24.5 Å². The molecule has 0 unspecified atom stereocenters. The van der Waals surface area contributed by atoms with Crippen molar-refractivity contribution in [1.82, 2.24) is 24.6 Å². The summed E-state index contributed by atoms with van der Waals surface area (Å²) in [4.78, 5) is 10.9. The normalized spacial score (nSPS) is 11.1. The fourth-order valence-corrected chi connectivity index (χ4v) is 2.57. The average Bonchev–Trinajstić information content (AvgIpc) is 2.99. The van der Waals surface area contributed by atoms with Crippen molar-refractivity contribution in [2.75, 3.05) is 13.7 Å². The highest BCUT2D eigenvalue weighted by atomic mass is 16.3. The molecular formula is C18H21N5O. The van der Waals surface area contributed by atoms with E-state index in [0.29, 0.717) is 18.9 Å². The van der Waals surface area contributed by atoms with Crippen LogP contribution in [0.5, 0.6) is 0 Å². The molecule has 3 rings (SSSR count). The minimum atomic E-state index is 0.0403. The lowest BCUT2D eigenvalue weighted by atomic mass is 10.2. The number of benzene rings is 1. The topological polar surface area (TPSA) is 67.1 Å². The molecule has 0 saturated carbocycles. The van der Waals surface area contributed by atoms with Crippen molar-refractivity contribution in [3.05, 3.63) is 66.2 Å². The molecule has 0 aliphatic rings. The van der Waals surface area contributed by atoms with E-state index in [1.165, 1.54) is 5.56 Å². The Hall–Kier alpha value is -2.57. The van der Waals surface area contributed by atoms with Crippen molar-refractivity contribution < 1.29 is 5.11 Å². The Morgan fingerprint density at radius 2 is 1.79 bits per heavy atom. The van der Waals surface area contributed by atoms with Gasteiger partial charge in [-0.1, -0.05) is 30.3 Å². The lowest BCUT2D eigenvalue weighted by Crippen LogP contribution is -2.21. The Kier molecular flexibility index (Phi) is 5.30. The zero-order chi connectivity index (χ0) is 16.8. The number of aliphatic hydroxyl groups excluding tert-OH is 1. The molecule has 2 heterocycles. The Balaban J connectivity index is 1.77. The molecule has 0 atom stereocenters. The van der Waals surface area contributed by atoms with Gasteiger partial charge in [0.25, 0.3) is 0 Å². The van der Waals surface area contributed by atoms with Crippen molar-refractivity contribution in [2.45, 2.75) is 19.6 Å². The number of rotatable bonds is 7. The van der Waals surface area contributed by atoms with Gasteiger partial charge in [-0.15, -0.1) is 0 Å². The third-order valence-corrected chi connectivity index (χ3v) is 3.71. The molecule has 1 aromatic carbocycles. The quantitative estimate of drug-likeness (QED) is 0.720. The van der Waals surface area contributed by atoms with Gasteiger partial charge in [0.05, 0.1) is 19.7 Å². The molecule has 124 valence electrons. The standard InChI is InChI=1S/C18H21N5O/c1-22(13-15-7-9-19-10-8-15)14-17-20-18(21-23(17)11-12-24)16-5-3-2-4-6-16/h2-10,24H,11-14H2,1H3. The first-order chi connectivity index (χ1) is 11.8. The van der Waals surface area contributed by atoms with E-state index in [1.54, 1.807) is 17.1 Å². The number of aromatic nitrogens is 4. The summed E-state index contributed by atoms with van der Waals surface area (Å²) < 4.78 is 1.78. The average molecular weight is 323 g/mol. The van der Waals surface area contributed by atoms with Crippen molar-refractivity contribution in [1.29, 1.82) is 0 Å². The van der Waals surface area contributed by atoms with Crippen LogP contribution in [0.4, 0.5) is 0 Å². The van der Waals surface area contributed by atoms with E-state index in [-0.39, 0.29) is 6.61 Å². The lowest BCUT2D eigenvalue weighted by Gasteiger charge is -2.16. The van der Waals surface area contributed by atoms with Crippen molar-refractivity contribution in [3.63, 3.8) is 0 Å². The van der Waals surface area contributed by atoms with Gasteiger partial charge in [-0.25, -0.2) is 9.67 Å². The molecule has 2 aromatic heterocycles. The van der Waals surface area contributed by atoms with E-state index < -0.39 is 0 Å². The summed E-state index contributed by atoms with van der Waals surface area (Å²) >= 11 is 0. The van der Waals surface area contributed by atoms with Crippen LogP contribution < -0.4 is 0 Å². The highest BCUT2D eigenvalue weighted by Crippen LogP contribution is 2.16. The van der Waals surface area contributed by atoms with E-state index in [2.05, 4.69) is 20.0 Å². The molecule has 0 amide bonds. The molecule has 6 nitrogen and oxygen atoms in total. The van der Waals surface area contributed by atoms with Crippen LogP contribution in [0.25, 0.3) is 11.4 Å². The van der Waals surface area contributed by atoms with E-state index in [9.17, 15) is 5.11 Å². The van der Waals surface area contributed by atoms with Gasteiger partial charge < -0.3 is 5.11 Å². The molecule has 0 saturated heterocycles. The largest absolute Gasteiger partial charge is 0.394 e. The summed E-state index contributed by atoms with van der Waals surface area (Å²) in [5.74, 6) is 1.54. The maximum absolute atomic E-state index is 9.28. The fraction of sp³-hybridized carbons (Fsp3) is 0.278. The minimum Gasteiger partial charge on any atom is -0.394 e. The number of hydrogen-bond acceptors (Lipinski definition) is 5. The molecule has 0 radical (unpaired) electrons. The molecule has 3 aromatic rings. The Bertz CT molecular complexity index is 758. The maximum Gasteiger partial charge on any atom is 0.181 e. The fourth-order valence-electron chi connectivity index (χ4n) is 2.57. The van der Waals surface area contributed by atoms with Gasteiger partial charge in [0.15, 0.2) is 5.82 Å². The molecule has 1 N–H and O–H groups in total. The Morgan fingerprint density at radius 3 is 2.50 bits per heavy atom. The number of pyridine rings is 1. The van der Waals surface area contributed by atoms with E-state index in [4.69, 9.17) is 0 Å². The summed E-state index contributed by atoms with van der Waals surface area (Å²) in [6.45, 7) is 1.94. The highest BCUT2D eigenvalue weighted by Gasteiger charge is 2.13. The molecular weight excluding hydrogens is 302 g/mol. The van der Waals surface area contributed by atoms with Crippen molar-refractivity contribution in [2.24, 2.45) is 0 Å². The maximum atomic E-state index is 9.28. The second-order valence-corrected chi connectivity index (χ2v) is 5.69. The smallest absolute Gasteiger partial charge is 0.181 e. The van der Waals surface area contributed by atoms with E-state index >= 15 is 0 Å². The first-order valence-electron chi connectivity index (χ1n) is 7.93. The summed E-state index contributed by atoms with van der Waals surface area (Å²) in [6, 6.07) is 13.9. The molecule has 6 heteroatoms. The van der Waals surface area contributed by atoms with Crippen molar-refractivity contribution in [3.8, 4) is 11.4 Å². The third-order valence-electron chi connectivity index (χ3n) is 3.71. The van der Waals surface area contributed by atoms with E-state index in [1.807, 2.05) is 49.5 Å². The second kappa shape index (κ2) is 7.81. The van der Waals surface area contributed by atoms with Gasteiger partial charge in [0.2, 0.25) is 0 Å². The zero-order valence-corrected chi connectivity index (χ0v) is 13.7. The third kappa shape index (κ3) is 4.04. The van der Waals surface area contributed by atoms with Gasteiger partial charge in [-0.2, -0.15) is 5.10 Å². The number of hydrogen-bond donors (Lipinski definition) is 1. The second-order valence-electron chi connectivity index (χ2n) is 5.69. The summed E-state index contributed by atoms with van der Waals surface area (Å²) in [6.07, 6.45) is 3.59. The first kappa shape index (κ1) is 16.3. The Labute approximate surface area is 141 Å². The SMILES string of the molecule is CN(Cc1ccncc1)Cc1nc(-c2ccccc2)nn1CCO. The van der Waals surface area contributed by atoms with Gasteiger partial charge >= 0.3 is 0 Å². The number of aliphatic hydroxyl groups is 1. The molecule has 0 bridgehead atoms. The van der Waals surface area contributed by atoms with Crippen molar-refractivity contribution >= 4 is 0 Å². The number of nitrogens with zero attached hydrogens (tertiary/aromatic N) is 5. The first-order valence-corrected chi connectivity index (χ1v) is 7.93. The highest BCUT2D eigenvalue weighted by molar-refractivity contribution is 5.53. The molecule has 0 spiro atoms. The predicted octanol–water partition coefficient (Wildman–Crippen LogP) is 1.96. The van der Waals surface area contributed by atoms with Crippen LogP contribution in [-0.2, 0) is 19.6 Å². The van der Waals surface area contributed by atoms with Crippen LogP contribution in [0.1, 0.15) is 11.4 Å². The summed E-state index contributed by atoms with van der Waals surface area (Å²) in [5.41, 5.74) is 2.18. The van der Waals surface area contributed by atoms with Crippen LogP contribution in [0.3, 0.4) is 0 Å². The molecule has 0 aliphatic heterocycles. The molecule has 0 aliphatic carbocycles. The van der Waals surface area contributed by atoms with Gasteiger partial charge in [-0.3, -0.25) is 9.88 Å². The Morgan fingerprint density at radius 1 is 1.04 bits per heavy atom. The van der Waals surface area contributed by atoms with Crippen LogP contribution in [0, 0.1) is 0 Å². The zero-order valence-electron chi connectivity index (χ0n) is 13.7. The summed E-state index contributed by atoms with van der Waals surface area (Å²) in [7, 11) is 2.04. The van der Waals surface area contributed by atoms with Crippen LogP contribution in [0.2, 0.25) is 0 Å². The molecule has 0 fully saturated rings. The minimum absolute atomic E-state index is 0.0403. The van der Waals surface area contributed by atoms with Crippen LogP contribution >= 0.6 is 0 Å². The monoisotopic (exact) mass is 323 g/mol. The lowest BCUT2D eigenvalue weighted by molar-refractivity contribution is 0.256. The van der Waals surface area contributed by atoms with E-state index in [0.717, 1.165) is 17.9 Å². The summed E-state index contributed by atoms with van der Waals surface area (Å²) in [5, 5.41) is 13.8. The van der Waals surface area contributed by atoms with Gasteiger partial charge in [-0.05, 0) is 24.7 Å². The van der Waals surface area contributed by atoms with Gasteiger partial charge in [0.1, 0.15) is 5.82 Å². The predicted molar refractivity (Wildman–Crippen MR) is 92.0 cm³/mol. The molecule has 24 heavy (non-hydrogen) atoms. The van der Waals surface area contributed by atoms with Crippen LogP contribution in [-0.4, -0.2) is 43.4 Å².